The van der Waals surface area contributed by atoms with Gasteiger partial charge in [-0.1, -0.05) is 48.9 Å². The fourth-order valence-electron chi connectivity index (χ4n) is 2.72. The summed E-state index contributed by atoms with van der Waals surface area (Å²) in [7, 11) is 1.83. The lowest BCUT2D eigenvalue weighted by Gasteiger charge is -2.19. The smallest absolute Gasteiger partial charge is 0.137 e. The third kappa shape index (κ3) is 3.45. The van der Waals surface area contributed by atoms with Gasteiger partial charge in [0, 0.05) is 0 Å². The van der Waals surface area contributed by atoms with Crippen molar-refractivity contribution >= 4 is 11.9 Å². The second-order valence-electron chi connectivity index (χ2n) is 5.26. The van der Waals surface area contributed by atoms with Crippen molar-refractivity contribution in [3.05, 3.63) is 53.1 Å². The van der Waals surface area contributed by atoms with Crippen molar-refractivity contribution in [3.8, 4) is 0 Å². The molecule has 2 rings (SSSR count). The standard InChI is InChI=1S/C18H23NO/c1-3-15-6-4-5-7-18(15)16-10-8-14(9-11-16)12-17(13-20)19-2/h4-8,10,13,17,19H,3,9,11-12H2,1-2H3/t17-/m0/s1. The number of hydrogen-bond donors (Lipinski definition) is 1. The predicted molar refractivity (Wildman–Crippen MR) is 84.6 cm³/mol. The van der Waals surface area contributed by atoms with E-state index < -0.39 is 0 Å². The molecule has 0 amide bonds. The van der Waals surface area contributed by atoms with Crippen LogP contribution >= 0.6 is 0 Å². The summed E-state index contributed by atoms with van der Waals surface area (Å²) < 4.78 is 0. The molecule has 0 unspecified atom stereocenters. The van der Waals surface area contributed by atoms with Gasteiger partial charge in [0.1, 0.15) is 6.29 Å². The van der Waals surface area contributed by atoms with Gasteiger partial charge in [-0.15, -0.1) is 0 Å². The molecule has 0 radical (unpaired) electrons. The van der Waals surface area contributed by atoms with Crippen LogP contribution in [0.3, 0.4) is 0 Å². The van der Waals surface area contributed by atoms with Gasteiger partial charge in [0.2, 0.25) is 0 Å². The highest BCUT2D eigenvalue weighted by atomic mass is 16.1. The molecule has 2 heteroatoms. The van der Waals surface area contributed by atoms with Crippen LogP contribution in [0.1, 0.15) is 37.3 Å². The molecular formula is C18H23NO. The van der Waals surface area contributed by atoms with Crippen LogP contribution in [0.15, 0.2) is 42.0 Å². The molecule has 1 aromatic rings. The summed E-state index contributed by atoms with van der Waals surface area (Å²) in [5.74, 6) is 0. The Bertz CT molecular complexity index is 528. The normalized spacial score (nSPS) is 16.3. The lowest BCUT2D eigenvalue weighted by molar-refractivity contribution is -0.109. The average Bonchev–Trinajstić information content (AvgIpc) is 2.53. The second-order valence-corrected chi connectivity index (χ2v) is 5.26. The molecule has 20 heavy (non-hydrogen) atoms. The van der Waals surface area contributed by atoms with E-state index in [0.29, 0.717) is 0 Å². The molecule has 106 valence electrons. The Hall–Kier alpha value is -1.67. The Morgan fingerprint density at radius 3 is 2.65 bits per heavy atom. The Balaban J connectivity index is 2.15. The van der Waals surface area contributed by atoms with Crippen molar-refractivity contribution in [3.63, 3.8) is 0 Å². The van der Waals surface area contributed by atoms with E-state index in [-0.39, 0.29) is 6.04 Å². The van der Waals surface area contributed by atoms with E-state index in [0.717, 1.165) is 32.0 Å². The third-order valence-electron chi connectivity index (χ3n) is 4.00. The van der Waals surface area contributed by atoms with Gasteiger partial charge in [-0.05, 0) is 49.4 Å². The highest BCUT2D eigenvalue weighted by Crippen LogP contribution is 2.30. The number of carbonyl (C=O) groups excluding carboxylic acids is 1. The average molecular weight is 269 g/mol. The first kappa shape index (κ1) is 14.7. The molecule has 0 aromatic heterocycles. The maximum atomic E-state index is 10.9. The largest absolute Gasteiger partial charge is 0.311 e. The van der Waals surface area contributed by atoms with Crippen LogP contribution in [0.4, 0.5) is 0 Å². The van der Waals surface area contributed by atoms with Crippen molar-refractivity contribution in [1.82, 2.24) is 5.32 Å². The highest BCUT2D eigenvalue weighted by molar-refractivity contribution is 5.71. The summed E-state index contributed by atoms with van der Waals surface area (Å²) >= 11 is 0. The first-order valence-electron chi connectivity index (χ1n) is 7.38. The molecule has 0 aliphatic heterocycles. The van der Waals surface area contributed by atoms with Gasteiger partial charge in [0.05, 0.1) is 6.04 Å². The number of benzene rings is 1. The van der Waals surface area contributed by atoms with Gasteiger partial charge < -0.3 is 10.1 Å². The number of hydrogen-bond acceptors (Lipinski definition) is 2. The number of likely N-dealkylation sites (N-methyl/N-ethyl adjacent to an activating group) is 1. The van der Waals surface area contributed by atoms with Crippen molar-refractivity contribution in [1.29, 1.82) is 0 Å². The van der Waals surface area contributed by atoms with Crippen LogP contribution in [-0.2, 0) is 11.2 Å². The van der Waals surface area contributed by atoms with E-state index in [1.807, 2.05) is 7.05 Å². The molecule has 0 saturated heterocycles. The quantitative estimate of drug-likeness (QED) is 0.800. The van der Waals surface area contributed by atoms with Crippen LogP contribution in [-0.4, -0.2) is 19.4 Å². The minimum Gasteiger partial charge on any atom is -0.311 e. The van der Waals surface area contributed by atoms with Crippen LogP contribution in [0.5, 0.6) is 0 Å². The van der Waals surface area contributed by atoms with Crippen molar-refractivity contribution in [2.75, 3.05) is 7.05 Å². The minimum atomic E-state index is -0.0564. The minimum absolute atomic E-state index is 0.0564. The molecule has 0 fully saturated rings. The number of nitrogens with one attached hydrogen (secondary N) is 1. The summed E-state index contributed by atoms with van der Waals surface area (Å²) in [6.07, 6.45) is 9.42. The summed E-state index contributed by atoms with van der Waals surface area (Å²) in [6.45, 7) is 2.20. The maximum absolute atomic E-state index is 10.9. The molecule has 1 atom stereocenters. The van der Waals surface area contributed by atoms with Crippen LogP contribution < -0.4 is 5.32 Å². The van der Waals surface area contributed by atoms with Gasteiger partial charge in [-0.2, -0.15) is 0 Å². The van der Waals surface area contributed by atoms with Crippen LogP contribution in [0.2, 0.25) is 0 Å². The zero-order valence-corrected chi connectivity index (χ0v) is 12.4. The molecule has 0 spiro atoms. The topological polar surface area (TPSA) is 29.1 Å². The lowest BCUT2D eigenvalue weighted by atomic mass is 9.88. The molecule has 1 N–H and O–H groups in total. The van der Waals surface area contributed by atoms with Gasteiger partial charge in [0.25, 0.3) is 0 Å². The molecular weight excluding hydrogens is 246 g/mol. The summed E-state index contributed by atoms with van der Waals surface area (Å²) in [4.78, 5) is 10.9. The van der Waals surface area contributed by atoms with E-state index in [4.69, 9.17) is 0 Å². The molecule has 0 saturated carbocycles. The first-order chi connectivity index (χ1) is 9.78. The molecule has 0 bridgehead atoms. The summed E-state index contributed by atoms with van der Waals surface area (Å²) in [5, 5.41) is 3.03. The molecule has 0 heterocycles. The highest BCUT2D eigenvalue weighted by Gasteiger charge is 2.13. The van der Waals surface area contributed by atoms with Gasteiger partial charge >= 0.3 is 0 Å². The summed E-state index contributed by atoms with van der Waals surface area (Å²) in [5.41, 5.74) is 5.56. The van der Waals surface area contributed by atoms with Crippen molar-refractivity contribution in [2.45, 2.75) is 38.6 Å². The van der Waals surface area contributed by atoms with E-state index in [1.54, 1.807) is 0 Å². The zero-order valence-electron chi connectivity index (χ0n) is 12.4. The number of aldehydes is 1. The van der Waals surface area contributed by atoms with Gasteiger partial charge in [-0.25, -0.2) is 0 Å². The number of carbonyl (C=O) groups is 1. The Labute approximate surface area is 121 Å². The van der Waals surface area contributed by atoms with E-state index >= 15 is 0 Å². The molecule has 1 aliphatic carbocycles. The Morgan fingerprint density at radius 1 is 1.25 bits per heavy atom. The Kier molecular flexibility index (Phi) is 5.31. The summed E-state index contributed by atoms with van der Waals surface area (Å²) in [6, 6.07) is 8.58. The predicted octanol–water partition coefficient (Wildman–Crippen LogP) is 3.53. The number of rotatable bonds is 6. The van der Waals surface area contributed by atoms with Crippen molar-refractivity contribution < 1.29 is 4.79 Å². The second kappa shape index (κ2) is 7.20. The fraction of sp³-hybridized carbons (Fsp3) is 0.389. The zero-order chi connectivity index (χ0) is 14.4. The van der Waals surface area contributed by atoms with Crippen LogP contribution in [0, 0.1) is 0 Å². The van der Waals surface area contributed by atoms with Gasteiger partial charge in [0.15, 0.2) is 0 Å². The monoisotopic (exact) mass is 269 g/mol. The number of allylic oxidation sites excluding steroid dienone is 3. The van der Waals surface area contributed by atoms with E-state index in [9.17, 15) is 4.79 Å². The molecule has 1 aromatic carbocycles. The fourth-order valence-corrected chi connectivity index (χ4v) is 2.72. The third-order valence-corrected chi connectivity index (χ3v) is 4.00. The molecule has 2 nitrogen and oxygen atoms in total. The first-order valence-corrected chi connectivity index (χ1v) is 7.38. The van der Waals surface area contributed by atoms with E-state index in [1.165, 1.54) is 22.3 Å². The maximum Gasteiger partial charge on any atom is 0.137 e. The van der Waals surface area contributed by atoms with Crippen molar-refractivity contribution in [2.24, 2.45) is 0 Å². The SMILES string of the molecule is CCc1ccccc1C1=CC=C(C[C@@H](C=O)NC)CC1. The van der Waals surface area contributed by atoms with Crippen LogP contribution in [0.25, 0.3) is 5.57 Å². The number of aryl methyl sites for hydroxylation is 1. The Morgan fingerprint density at radius 2 is 2.05 bits per heavy atom. The lowest BCUT2D eigenvalue weighted by Crippen LogP contribution is -2.27. The van der Waals surface area contributed by atoms with E-state index in [2.05, 4.69) is 48.7 Å². The van der Waals surface area contributed by atoms with Gasteiger partial charge in [-0.3, -0.25) is 0 Å². The molecule has 1 aliphatic rings.